The average Bonchev–Trinajstić information content (AvgIpc) is 2.90. The zero-order chi connectivity index (χ0) is 16.8. The van der Waals surface area contributed by atoms with Crippen LogP contribution in [0.5, 0.6) is 0 Å². The molecule has 2 heterocycles. The van der Waals surface area contributed by atoms with Crippen molar-refractivity contribution in [3.63, 3.8) is 0 Å². The number of nitrogens with one attached hydrogen (secondary N) is 1. The predicted octanol–water partition coefficient (Wildman–Crippen LogP) is 3.51. The van der Waals surface area contributed by atoms with Gasteiger partial charge in [-0.25, -0.2) is 9.36 Å². The zero-order valence-corrected chi connectivity index (χ0v) is 13.3. The highest BCUT2D eigenvalue weighted by Gasteiger charge is 2.32. The fourth-order valence-corrected chi connectivity index (χ4v) is 3.01. The van der Waals surface area contributed by atoms with E-state index < -0.39 is 11.7 Å². The van der Waals surface area contributed by atoms with E-state index in [1.807, 2.05) is 32.0 Å². The van der Waals surface area contributed by atoms with Crippen molar-refractivity contribution in [2.75, 3.05) is 5.32 Å². The largest absolute Gasteiger partial charge is 0.464 e. The Morgan fingerprint density at radius 2 is 2.13 bits per heavy atom. The summed E-state index contributed by atoms with van der Waals surface area (Å²) < 4.78 is 6.61. The Balaban J connectivity index is 2.18. The van der Waals surface area contributed by atoms with E-state index in [0.717, 1.165) is 15.8 Å². The molecule has 0 atom stereocenters. The number of aromatic nitrogens is 1. The summed E-state index contributed by atoms with van der Waals surface area (Å²) in [6, 6.07) is 10.4. The minimum absolute atomic E-state index is 0.0695. The van der Waals surface area contributed by atoms with Gasteiger partial charge in [0.25, 0.3) is 5.17 Å². The smallest absolute Gasteiger partial charge is 0.417 e. The molecule has 0 saturated carbocycles. The van der Waals surface area contributed by atoms with Crippen LogP contribution in [0.25, 0.3) is 11.3 Å². The number of hydrogen-bond acceptors (Lipinski definition) is 4. The van der Waals surface area contributed by atoms with Gasteiger partial charge in [-0.05, 0) is 55.9 Å². The number of nitriles is 1. The molecular formula is C16H13N3O3S. The van der Waals surface area contributed by atoms with Gasteiger partial charge in [-0.2, -0.15) is 5.26 Å². The second kappa shape index (κ2) is 5.11. The molecule has 0 saturated heterocycles. The van der Waals surface area contributed by atoms with Gasteiger partial charge < -0.3 is 15.2 Å². The molecule has 6 nitrogen and oxygen atoms in total. The van der Waals surface area contributed by atoms with E-state index in [9.17, 15) is 9.90 Å². The number of nitrogens with zero attached hydrogens (tertiary/aromatic N) is 2. The molecule has 1 aromatic carbocycles. The molecule has 0 bridgehead atoms. The Kier molecular flexibility index (Phi) is 3.34. The van der Waals surface area contributed by atoms with Gasteiger partial charge in [0.15, 0.2) is 0 Å². The van der Waals surface area contributed by atoms with E-state index >= 15 is 0 Å². The van der Waals surface area contributed by atoms with E-state index in [0.29, 0.717) is 16.4 Å². The summed E-state index contributed by atoms with van der Waals surface area (Å²) in [6.07, 6.45) is -1.20. The third-order valence-corrected chi connectivity index (χ3v) is 3.92. The molecule has 2 aromatic rings. The minimum atomic E-state index is -1.20. The first kappa shape index (κ1) is 15.1. The Labute approximate surface area is 137 Å². The maximum absolute atomic E-state index is 11.5. The summed E-state index contributed by atoms with van der Waals surface area (Å²) in [5, 5.41) is 21.7. The molecule has 2 N–H and O–H groups in total. The van der Waals surface area contributed by atoms with Crippen LogP contribution in [0.1, 0.15) is 25.1 Å². The number of hydrogen-bond donors (Lipinski definition) is 2. The van der Waals surface area contributed by atoms with Gasteiger partial charge in [0, 0.05) is 11.3 Å². The molecular weight excluding hydrogens is 314 g/mol. The van der Waals surface area contributed by atoms with Gasteiger partial charge in [-0.1, -0.05) is 6.07 Å². The van der Waals surface area contributed by atoms with Gasteiger partial charge in [0.05, 0.1) is 5.69 Å². The van der Waals surface area contributed by atoms with Crippen molar-refractivity contribution in [2.24, 2.45) is 0 Å². The van der Waals surface area contributed by atoms with Crippen molar-refractivity contribution in [1.82, 2.24) is 4.57 Å². The van der Waals surface area contributed by atoms with Crippen LogP contribution in [0.2, 0.25) is 0 Å². The van der Waals surface area contributed by atoms with E-state index in [4.69, 9.17) is 22.2 Å². The maximum atomic E-state index is 11.5. The standard InChI is InChI=1S/C16H13N3O3S/c1-16(2)11-7-9(3-5-12(11)18-14(23)22-16)13-6-4-10(8-17)19(13)15(20)21/h3-7H,1-2H3,(H,18,23)(H,20,21). The summed E-state index contributed by atoms with van der Waals surface area (Å²) in [5.74, 6) is 0. The summed E-state index contributed by atoms with van der Waals surface area (Å²) in [4.78, 5) is 11.5. The molecule has 23 heavy (non-hydrogen) atoms. The Morgan fingerprint density at radius 1 is 1.39 bits per heavy atom. The second-order valence-corrected chi connectivity index (χ2v) is 5.99. The highest BCUT2D eigenvalue weighted by molar-refractivity contribution is 7.80. The molecule has 0 radical (unpaired) electrons. The number of benzene rings is 1. The molecule has 1 aromatic heterocycles. The van der Waals surface area contributed by atoms with Crippen LogP contribution in [-0.2, 0) is 10.3 Å². The van der Waals surface area contributed by atoms with E-state index in [2.05, 4.69) is 5.32 Å². The fourth-order valence-electron chi connectivity index (χ4n) is 2.69. The maximum Gasteiger partial charge on any atom is 0.417 e. The molecule has 0 fully saturated rings. The monoisotopic (exact) mass is 327 g/mol. The SMILES string of the molecule is CC1(C)OC(=S)Nc2ccc(-c3ccc(C#N)n3C(=O)O)cc21. The van der Waals surface area contributed by atoms with E-state index in [1.54, 1.807) is 12.1 Å². The molecule has 1 aliphatic rings. The third-order valence-electron chi connectivity index (χ3n) is 3.74. The van der Waals surface area contributed by atoms with Gasteiger partial charge in [-0.15, -0.1) is 0 Å². The van der Waals surface area contributed by atoms with Crippen molar-refractivity contribution in [2.45, 2.75) is 19.4 Å². The molecule has 7 heteroatoms. The summed E-state index contributed by atoms with van der Waals surface area (Å²) in [7, 11) is 0. The molecule has 0 amide bonds. The van der Waals surface area contributed by atoms with Crippen LogP contribution in [0.3, 0.4) is 0 Å². The Hall–Kier alpha value is -2.85. The van der Waals surface area contributed by atoms with Gasteiger partial charge in [0.2, 0.25) is 0 Å². The van der Waals surface area contributed by atoms with Crippen molar-refractivity contribution in [1.29, 1.82) is 5.26 Å². The average molecular weight is 327 g/mol. The normalized spacial score (nSPS) is 15.1. The number of rotatable bonds is 1. The van der Waals surface area contributed by atoms with Crippen LogP contribution >= 0.6 is 12.2 Å². The van der Waals surface area contributed by atoms with Crippen molar-refractivity contribution in [3.05, 3.63) is 41.6 Å². The first-order valence-corrected chi connectivity index (χ1v) is 7.24. The lowest BCUT2D eigenvalue weighted by Crippen LogP contribution is -2.34. The lowest BCUT2D eigenvalue weighted by molar-refractivity contribution is 0.0947. The lowest BCUT2D eigenvalue weighted by atomic mass is 9.92. The highest BCUT2D eigenvalue weighted by atomic mass is 32.1. The van der Waals surface area contributed by atoms with Gasteiger partial charge in [0.1, 0.15) is 17.4 Å². The highest BCUT2D eigenvalue weighted by Crippen LogP contribution is 2.38. The van der Waals surface area contributed by atoms with E-state index in [-0.39, 0.29) is 5.69 Å². The molecule has 3 rings (SSSR count). The first-order chi connectivity index (χ1) is 10.8. The zero-order valence-electron chi connectivity index (χ0n) is 12.5. The number of fused-ring (bicyclic) bond motifs is 1. The van der Waals surface area contributed by atoms with Crippen LogP contribution < -0.4 is 5.32 Å². The van der Waals surface area contributed by atoms with Gasteiger partial charge >= 0.3 is 6.09 Å². The summed E-state index contributed by atoms with van der Waals surface area (Å²) in [6.45, 7) is 3.78. The minimum Gasteiger partial charge on any atom is -0.464 e. The molecule has 0 aliphatic carbocycles. The number of ether oxygens (including phenoxy) is 1. The molecule has 116 valence electrons. The van der Waals surface area contributed by atoms with Crippen LogP contribution in [0.15, 0.2) is 30.3 Å². The Morgan fingerprint density at radius 3 is 2.78 bits per heavy atom. The number of carbonyl (C=O) groups is 1. The van der Waals surface area contributed by atoms with Crippen LogP contribution in [0.4, 0.5) is 10.5 Å². The predicted molar refractivity (Wildman–Crippen MR) is 88.3 cm³/mol. The second-order valence-electron chi connectivity index (χ2n) is 5.62. The summed E-state index contributed by atoms with van der Waals surface area (Å²) >= 11 is 5.08. The van der Waals surface area contributed by atoms with Crippen molar-refractivity contribution >= 4 is 29.2 Å². The van der Waals surface area contributed by atoms with Crippen molar-refractivity contribution in [3.8, 4) is 17.3 Å². The number of carboxylic acid groups (broad SMARTS) is 1. The third kappa shape index (κ3) is 2.43. The quantitative estimate of drug-likeness (QED) is 0.779. The van der Waals surface area contributed by atoms with E-state index in [1.165, 1.54) is 6.07 Å². The summed E-state index contributed by atoms with van der Waals surface area (Å²) in [5.41, 5.74) is 2.23. The van der Waals surface area contributed by atoms with Gasteiger partial charge in [-0.3, -0.25) is 0 Å². The number of anilines is 1. The topological polar surface area (TPSA) is 87.3 Å². The lowest BCUT2D eigenvalue weighted by Gasteiger charge is -2.34. The van der Waals surface area contributed by atoms with Crippen molar-refractivity contribution < 1.29 is 14.6 Å². The van der Waals surface area contributed by atoms with Crippen LogP contribution in [-0.4, -0.2) is 20.9 Å². The van der Waals surface area contributed by atoms with Crippen LogP contribution in [0, 0.1) is 11.3 Å². The first-order valence-electron chi connectivity index (χ1n) is 6.83. The Bertz CT molecular complexity index is 877. The fraction of sp³-hybridized carbons (Fsp3) is 0.188. The number of thiocarbonyl (C=S) groups is 1. The molecule has 1 aliphatic heterocycles. The molecule has 0 unspecified atom stereocenters. The molecule has 0 spiro atoms.